The molecule has 6 aromatic carbocycles. The van der Waals surface area contributed by atoms with E-state index in [1.807, 2.05) is 18.2 Å². The Bertz CT molecular complexity index is 1680. The molecule has 0 bridgehead atoms. The molecule has 0 aliphatic heterocycles. The molecular formula is C27H17NO2. The van der Waals surface area contributed by atoms with Gasteiger partial charge in [-0.3, -0.25) is 10.1 Å². The Balaban J connectivity index is 2.04. The maximum Gasteiger partial charge on any atom is 0.270 e. The van der Waals surface area contributed by atoms with Crippen LogP contribution in [0.1, 0.15) is 5.56 Å². The van der Waals surface area contributed by atoms with Crippen molar-refractivity contribution in [1.82, 2.24) is 0 Å². The summed E-state index contributed by atoms with van der Waals surface area (Å²) in [5, 5.41) is 22.8. The lowest BCUT2D eigenvalue weighted by Crippen LogP contribution is -1.91. The third-order valence-electron chi connectivity index (χ3n) is 6.15. The Hall–Kier alpha value is -3.98. The van der Waals surface area contributed by atoms with Crippen molar-refractivity contribution in [3.8, 4) is 0 Å². The van der Waals surface area contributed by atoms with Gasteiger partial charge < -0.3 is 0 Å². The zero-order valence-corrected chi connectivity index (χ0v) is 16.3. The molecule has 0 amide bonds. The third-order valence-corrected chi connectivity index (χ3v) is 6.15. The molecule has 6 aromatic rings. The average molecular weight is 387 g/mol. The van der Waals surface area contributed by atoms with E-state index in [1.54, 1.807) is 12.1 Å². The topological polar surface area (TPSA) is 43.1 Å². The monoisotopic (exact) mass is 387 g/mol. The Morgan fingerprint density at radius 3 is 1.60 bits per heavy atom. The van der Waals surface area contributed by atoms with Crippen LogP contribution in [-0.2, 0) is 0 Å². The van der Waals surface area contributed by atoms with Crippen molar-refractivity contribution in [2.45, 2.75) is 6.92 Å². The first-order valence-electron chi connectivity index (χ1n) is 9.97. The van der Waals surface area contributed by atoms with Crippen LogP contribution in [0.3, 0.4) is 0 Å². The Labute approximate surface area is 172 Å². The van der Waals surface area contributed by atoms with Crippen LogP contribution in [0.4, 0.5) is 5.69 Å². The summed E-state index contributed by atoms with van der Waals surface area (Å²) in [6.45, 7) is 2.12. The minimum absolute atomic E-state index is 0.118. The molecule has 3 heteroatoms. The molecule has 0 spiro atoms. The van der Waals surface area contributed by atoms with Crippen LogP contribution in [0, 0.1) is 17.0 Å². The fourth-order valence-electron chi connectivity index (χ4n) is 4.89. The van der Waals surface area contributed by atoms with Crippen molar-refractivity contribution < 1.29 is 4.92 Å². The maximum atomic E-state index is 11.5. The van der Waals surface area contributed by atoms with Gasteiger partial charge in [0.25, 0.3) is 5.69 Å². The molecule has 0 atom stereocenters. The Morgan fingerprint density at radius 1 is 0.567 bits per heavy atom. The second kappa shape index (κ2) is 6.01. The molecule has 30 heavy (non-hydrogen) atoms. The minimum atomic E-state index is -0.320. The summed E-state index contributed by atoms with van der Waals surface area (Å²) >= 11 is 0. The van der Waals surface area contributed by atoms with E-state index < -0.39 is 0 Å². The van der Waals surface area contributed by atoms with Crippen molar-refractivity contribution in [1.29, 1.82) is 0 Å². The normalized spacial score (nSPS) is 11.8. The summed E-state index contributed by atoms with van der Waals surface area (Å²) in [7, 11) is 0. The van der Waals surface area contributed by atoms with Crippen molar-refractivity contribution in [3.05, 3.63) is 101 Å². The summed E-state index contributed by atoms with van der Waals surface area (Å²) in [5.74, 6) is 0. The highest BCUT2D eigenvalue weighted by molar-refractivity contribution is 6.39. The van der Waals surface area contributed by atoms with Crippen LogP contribution in [0.2, 0.25) is 0 Å². The van der Waals surface area contributed by atoms with Gasteiger partial charge in [0.1, 0.15) is 0 Å². The van der Waals surface area contributed by atoms with E-state index in [1.165, 1.54) is 32.5 Å². The molecule has 0 aliphatic rings. The molecule has 0 aromatic heterocycles. The van der Waals surface area contributed by atoms with E-state index in [0.717, 1.165) is 26.9 Å². The largest absolute Gasteiger partial charge is 0.270 e. The lowest BCUT2D eigenvalue weighted by molar-refractivity contribution is -0.384. The molecule has 0 radical (unpaired) electrons. The molecule has 0 N–H and O–H groups in total. The van der Waals surface area contributed by atoms with Gasteiger partial charge in [0.05, 0.1) is 4.92 Å². The number of nitro benzene ring substituents is 1. The molecule has 0 unspecified atom stereocenters. The summed E-state index contributed by atoms with van der Waals surface area (Å²) in [6, 6.07) is 28.6. The van der Waals surface area contributed by atoms with Crippen molar-refractivity contribution in [3.63, 3.8) is 0 Å². The minimum Gasteiger partial charge on any atom is -0.258 e. The fourth-order valence-corrected chi connectivity index (χ4v) is 4.89. The van der Waals surface area contributed by atoms with Gasteiger partial charge in [0.2, 0.25) is 0 Å². The Morgan fingerprint density at radius 2 is 1.03 bits per heavy atom. The lowest BCUT2D eigenvalue weighted by Gasteiger charge is -2.16. The Kier molecular flexibility index (Phi) is 3.39. The average Bonchev–Trinajstić information content (AvgIpc) is 2.78. The van der Waals surface area contributed by atoms with Gasteiger partial charge in [-0.05, 0) is 66.9 Å². The number of aryl methyl sites for hydroxylation is 1. The van der Waals surface area contributed by atoms with Gasteiger partial charge in [-0.15, -0.1) is 0 Å². The molecule has 0 heterocycles. The number of nitro groups is 1. The quantitative estimate of drug-likeness (QED) is 0.165. The molecule has 3 nitrogen and oxygen atoms in total. The van der Waals surface area contributed by atoms with Crippen molar-refractivity contribution >= 4 is 59.5 Å². The molecule has 0 saturated carbocycles. The SMILES string of the molecule is Cc1ccc2c(c1)c1ccccc1c1c3ccc([N+](=O)[O-])cc3c3ccccc3c21. The van der Waals surface area contributed by atoms with Gasteiger partial charge in [0, 0.05) is 12.1 Å². The smallest absolute Gasteiger partial charge is 0.258 e. The van der Waals surface area contributed by atoms with Crippen LogP contribution in [-0.4, -0.2) is 4.92 Å². The number of hydrogen-bond acceptors (Lipinski definition) is 2. The predicted octanol–water partition coefficient (Wildman–Crippen LogP) is 7.67. The molecular weight excluding hydrogens is 370 g/mol. The van der Waals surface area contributed by atoms with Gasteiger partial charge in [-0.2, -0.15) is 0 Å². The van der Waals surface area contributed by atoms with E-state index in [-0.39, 0.29) is 10.6 Å². The molecule has 0 aliphatic carbocycles. The van der Waals surface area contributed by atoms with E-state index >= 15 is 0 Å². The number of rotatable bonds is 1. The highest BCUT2D eigenvalue weighted by Crippen LogP contribution is 2.44. The van der Waals surface area contributed by atoms with E-state index in [9.17, 15) is 10.1 Å². The summed E-state index contributed by atoms with van der Waals surface area (Å²) in [6.07, 6.45) is 0. The lowest BCUT2D eigenvalue weighted by atomic mass is 9.87. The number of fused-ring (bicyclic) bond motifs is 11. The summed E-state index contributed by atoms with van der Waals surface area (Å²) < 4.78 is 0. The molecule has 0 fully saturated rings. The van der Waals surface area contributed by atoms with Crippen molar-refractivity contribution in [2.24, 2.45) is 0 Å². The number of non-ortho nitro benzene ring substituents is 1. The van der Waals surface area contributed by atoms with E-state index in [2.05, 4.69) is 61.5 Å². The predicted molar refractivity (Wildman–Crippen MR) is 125 cm³/mol. The van der Waals surface area contributed by atoms with Crippen LogP contribution in [0.25, 0.3) is 53.9 Å². The van der Waals surface area contributed by atoms with Crippen LogP contribution in [0.15, 0.2) is 84.9 Å². The highest BCUT2D eigenvalue weighted by atomic mass is 16.6. The molecule has 142 valence electrons. The number of hydrogen-bond donors (Lipinski definition) is 0. The summed E-state index contributed by atoms with van der Waals surface area (Å²) in [5.41, 5.74) is 1.35. The van der Waals surface area contributed by atoms with Gasteiger partial charge in [0.15, 0.2) is 0 Å². The number of nitrogens with zero attached hydrogens (tertiary/aromatic N) is 1. The molecule has 0 saturated heterocycles. The zero-order chi connectivity index (χ0) is 20.4. The standard InChI is InChI=1S/C27H17NO2/c1-16-10-12-22-24(14-16)18-6-2-4-8-20(18)27-23-13-11-17(28(29)30)15-25(23)19-7-3-5-9-21(19)26(22)27/h2-15H,1H3. The maximum absolute atomic E-state index is 11.5. The van der Waals surface area contributed by atoms with Gasteiger partial charge in [-0.1, -0.05) is 72.3 Å². The van der Waals surface area contributed by atoms with E-state index in [0.29, 0.717) is 0 Å². The second-order valence-corrected chi connectivity index (χ2v) is 7.88. The second-order valence-electron chi connectivity index (χ2n) is 7.88. The fraction of sp³-hybridized carbons (Fsp3) is 0.0370. The zero-order valence-electron chi connectivity index (χ0n) is 16.3. The van der Waals surface area contributed by atoms with Gasteiger partial charge >= 0.3 is 0 Å². The summed E-state index contributed by atoms with van der Waals surface area (Å²) in [4.78, 5) is 11.1. The van der Waals surface area contributed by atoms with E-state index in [4.69, 9.17) is 0 Å². The van der Waals surface area contributed by atoms with Crippen LogP contribution < -0.4 is 0 Å². The highest BCUT2D eigenvalue weighted by Gasteiger charge is 2.17. The molecule has 6 rings (SSSR count). The van der Waals surface area contributed by atoms with Gasteiger partial charge in [-0.25, -0.2) is 0 Å². The first-order valence-corrected chi connectivity index (χ1v) is 9.97. The van der Waals surface area contributed by atoms with Crippen molar-refractivity contribution in [2.75, 3.05) is 0 Å². The number of benzene rings is 6. The first-order chi connectivity index (χ1) is 14.6. The van der Waals surface area contributed by atoms with Crippen LogP contribution >= 0.6 is 0 Å². The van der Waals surface area contributed by atoms with Crippen LogP contribution in [0.5, 0.6) is 0 Å². The first kappa shape index (κ1) is 16.9. The third kappa shape index (κ3) is 2.20.